The fourth-order valence-electron chi connectivity index (χ4n) is 2.03. The SMILES string of the molecule is O=S(=O)(Nc1cccnc1Sc1ccccc1)c1cc(Cl)ccc1Cl. The third-order valence-corrected chi connectivity index (χ3v) is 6.26. The van der Waals surface area contributed by atoms with E-state index in [0.717, 1.165) is 4.90 Å². The van der Waals surface area contributed by atoms with Crippen LogP contribution in [0, 0.1) is 0 Å². The van der Waals surface area contributed by atoms with Gasteiger partial charge in [0.05, 0.1) is 10.7 Å². The summed E-state index contributed by atoms with van der Waals surface area (Å²) < 4.78 is 27.9. The molecule has 0 aliphatic rings. The molecule has 0 unspecified atom stereocenters. The Morgan fingerprint density at radius 1 is 0.960 bits per heavy atom. The van der Waals surface area contributed by atoms with Crippen molar-refractivity contribution in [2.24, 2.45) is 0 Å². The monoisotopic (exact) mass is 410 g/mol. The highest BCUT2D eigenvalue weighted by atomic mass is 35.5. The lowest BCUT2D eigenvalue weighted by atomic mass is 10.4. The van der Waals surface area contributed by atoms with Gasteiger partial charge in [0.15, 0.2) is 0 Å². The molecule has 0 aliphatic carbocycles. The molecule has 3 rings (SSSR count). The molecule has 0 aliphatic heterocycles. The number of sulfonamides is 1. The van der Waals surface area contributed by atoms with Gasteiger partial charge in [-0.05, 0) is 42.5 Å². The van der Waals surface area contributed by atoms with E-state index in [-0.39, 0.29) is 14.9 Å². The fourth-order valence-corrected chi connectivity index (χ4v) is 4.79. The predicted octanol–water partition coefficient (Wildman–Crippen LogP) is 5.34. The molecule has 0 atom stereocenters. The van der Waals surface area contributed by atoms with Gasteiger partial charge in [-0.3, -0.25) is 4.72 Å². The van der Waals surface area contributed by atoms with E-state index in [9.17, 15) is 8.42 Å². The highest BCUT2D eigenvalue weighted by Gasteiger charge is 2.20. The molecule has 25 heavy (non-hydrogen) atoms. The van der Waals surface area contributed by atoms with E-state index in [1.807, 2.05) is 30.3 Å². The van der Waals surface area contributed by atoms with E-state index in [1.54, 1.807) is 18.3 Å². The Balaban J connectivity index is 1.94. The summed E-state index contributed by atoms with van der Waals surface area (Å²) in [6.07, 6.45) is 1.61. The van der Waals surface area contributed by atoms with Crippen LogP contribution >= 0.6 is 35.0 Å². The van der Waals surface area contributed by atoms with Crippen molar-refractivity contribution in [1.29, 1.82) is 0 Å². The van der Waals surface area contributed by atoms with E-state index in [4.69, 9.17) is 23.2 Å². The van der Waals surface area contributed by atoms with Crippen molar-refractivity contribution in [3.63, 3.8) is 0 Å². The zero-order valence-electron chi connectivity index (χ0n) is 12.7. The van der Waals surface area contributed by atoms with Gasteiger partial charge in [-0.2, -0.15) is 0 Å². The zero-order valence-corrected chi connectivity index (χ0v) is 15.8. The smallest absolute Gasteiger partial charge is 0.263 e. The van der Waals surface area contributed by atoms with E-state index in [0.29, 0.717) is 10.7 Å². The first kappa shape index (κ1) is 18.1. The van der Waals surface area contributed by atoms with Gasteiger partial charge in [-0.1, -0.05) is 53.2 Å². The highest BCUT2D eigenvalue weighted by molar-refractivity contribution is 7.99. The number of rotatable bonds is 5. The molecule has 0 fully saturated rings. The molecule has 1 aromatic heterocycles. The third kappa shape index (κ3) is 4.46. The van der Waals surface area contributed by atoms with Crippen LogP contribution < -0.4 is 4.72 Å². The largest absolute Gasteiger partial charge is 0.277 e. The summed E-state index contributed by atoms with van der Waals surface area (Å²) in [6.45, 7) is 0. The molecular formula is C17H12Cl2N2O2S2. The molecule has 2 aromatic carbocycles. The van der Waals surface area contributed by atoms with Crippen molar-refractivity contribution >= 4 is 50.7 Å². The minimum absolute atomic E-state index is 0.0822. The molecular weight excluding hydrogens is 399 g/mol. The van der Waals surface area contributed by atoms with E-state index in [1.165, 1.54) is 30.0 Å². The summed E-state index contributed by atoms with van der Waals surface area (Å²) in [7, 11) is -3.90. The maximum absolute atomic E-state index is 12.7. The van der Waals surface area contributed by atoms with Crippen LogP contribution in [0.4, 0.5) is 5.69 Å². The summed E-state index contributed by atoms with van der Waals surface area (Å²) in [6, 6.07) is 17.2. The molecule has 0 amide bonds. The van der Waals surface area contributed by atoms with Crippen LogP contribution in [0.25, 0.3) is 0 Å². The van der Waals surface area contributed by atoms with Crippen LogP contribution in [0.5, 0.6) is 0 Å². The van der Waals surface area contributed by atoms with Crippen molar-refractivity contribution in [3.8, 4) is 0 Å². The number of benzene rings is 2. The quantitative estimate of drug-likeness (QED) is 0.616. The Hall–Kier alpha value is -1.73. The van der Waals surface area contributed by atoms with Crippen LogP contribution in [-0.4, -0.2) is 13.4 Å². The summed E-state index contributed by atoms with van der Waals surface area (Å²) in [4.78, 5) is 5.13. The first-order valence-corrected chi connectivity index (χ1v) is 10.2. The second-order valence-corrected chi connectivity index (χ2v) is 8.51. The lowest BCUT2D eigenvalue weighted by Gasteiger charge is -2.12. The fraction of sp³-hybridized carbons (Fsp3) is 0. The van der Waals surface area contributed by atoms with Crippen molar-refractivity contribution < 1.29 is 8.42 Å². The molecule has 0 spiro atoms. The predicted molar refractivity (Wildman–Crippen MR) is 102 cm³/mol. The first-order valence-electron chi connectivity index (χ1n) is 7.11. The molecule has 3 aromatic rings. The van der Waals surface area contributed by atoms with Gasteiger partial charge < -0.3 is 0 Å². The van der Waals surface area contributed by atoms with Crippen LogP contribution in [0.15, 0.2) is 81.7 Å². The number of nitrogens with one attached hydrogen (secondary N) is 1. The lowest BCUT2D eigenvalue weighted by Crippen LogP contribution is -2.14. The summed E-state index contributed by atoms with van der Waals surface area (Å²) in [5, 5.41) is 0.920. The normalized spacial score (nSPS) is 11.3. The second-order valence-electron chi connectivity index (χ2n) is 4.95. The molecule has 128 valence electrons. The van der Waals surface area contributed by atoms with Gasteiger partial charge in [0.1, 0.15) is 9.92 Å². The molecule has 0 radical (unpaired) electrons. The molecule has 4 nitrogen and oxygen atoms in total. The average molecular weight is 411 g/mol. The molecule has 1 heterocycles. The number of halogens is 2. The van der Waals surface area contributed by atoms with Gasteiger partial charge >= 0.3 is 0 Å². The van der Waals surface area contributed by atoms with Gasteiger partial charge in [-0.25, -0.2) is 13.4 Å². The van der Waals surface area contributed by atoms with Crippen molar-refractivity contribution in [3.05, 3.63) is 76.9 Å². The second kappa shape index (κ2) is 7.66. The van der Waals surface area contributed by atoms with E-state index < -0.39 is 10.0 Å². The first-order chi connectivity index (χ1) is 12.0. The Labute approximate surface area is 160 Å². The van der Waals surface area contributed by atoms with E-state index in [2.05, 4.69) is 9.71 Å². The maximum atomic E-state index is 12.7. The number of hydrogen-bond donors (Lipinski definition) is 1. The standard InChI is InChI=1S/C17H12Cl2N2O2S2/c18-12-8-9-14(19)16(11-12)25(22,23)21-15-7-4-10-20-17(15)24-13-5-2-1-3-6-13/h1-11,21H. The molecule has 0 saturated heterocycles. The number of anilines is 1. The molecule has 0 saturated carbocycles. The van der Waals surface area contributed by atoms with Crippen LogP contribution in [0.1, 0.15) is 0 Å². The number of hydrogen-bond acceptors (Lipinski definition) is 4. The Bertz CT molecular complexity index is 997. The number of nitrogens with zero attached hydrogens (tertiary/aromatic N) is 1. The maximum Gasteiger partial charge on any atom is 0.263 e. The van der Waals surface area contributed by atoms with Crippen LogP contribution in [0.2, 0.25) is 10.0 Å². The van der Waals surface area contributed by atoms with Crippen LogP contribution in [0.3, 0.4) is 0 Å². The molecule has 8 heteroatoms. The van der Waals surface area contributed by atoms with Gasteiger partial charge in [0.2, 0.25) is 0 Å². The van der Waals surface area contributed by atoms with Crippen molar-refractivity contribution in [2.45, 2.75) is 14.8 Å². The minimum atomic E-state index is -3.90. The summed E-state index contributed by atoms with van der Waals surface area (Å²) in [5.74, 6) is 0. The topological polar surface area (TPSA) is 59.1 Å². The number of aromatic nitrogens is 1. The lowest BCUT2D eigenvalue weighted by molar-refractivity contribution is 0.601. The summed E-state index contributed by atoms with van der Waals surface area (Å²) >= 11 is 13.3. The summed E-state index contributed by atoms with van der Waals surface area (Å²) in [5.41, 5.74) is 0.368. The molecule has 1 N–H and O–H groups in total. The van der Waals surface area contributed by atoms with Crippen molar-refractivity contribution in [1.82, 2.24) is 4.98 Å². The molecule has 0 bridgehead atoms. The Kier molecular flexibility index (Phi) is 5.54. The Morgan fingerprint density at radius 2 is 1.72 bits per heavy atom. The van der Waals surface area contributed by atoms with Gasteiger partial charge in [-0.15, -0.1) is 0 Å². The third-order valence-electron chi connectivity index (χ3n) is 3.16. The Morgan fingerprint density at radius 3 is 2.48 bits per heavy atom. The average Bonchev–Trinajstić information content (AvgIpc) is 2.59. The minimum Gasteiger partial charge on any atom is -0.277 e. The highest BCUT2D eigenvalue weighted by Crippen LogP contribution is 2.33. The van der Waals surface area contributed by atoms with Gasteiger partial charge in [0, 0.05) is 16.1 Å². The number of pyridine rings is 1. The van der Waals surface area contributed by atoms with E-state index >= 15 is 0 Å². The van der Waals surface area contributed by atoms with Gasteiger partial charge in [0.25, 0.3) is 10.0 Å². The van der Waals surface area contributed by atoms with Crippen molar-refractivity contribution in [2.75, 3.05) is 4.72 Å². The zero-order chi connectivity index (χ0) is 17.9. The van der Waals surface area contributed by atoms with Crippen LogP contribution in [-0.2, 0) is 10.0 Å².